The van der Waals surface area contributed by atoms with E-state index >= 15 is 0 Å². The van der Waals surface area contributed by atoms with Gasteiger partial charge in [0.25, 0.3) is 0 Å². The molecule has 0 fully saturated rings. The number of carbonyl (C=O) groups is 1. The molecule has 0 atom stereocenters. The zero-order valence-corrected chi connectivity index (χ0v) is 22.7. The van der Waals surface area contributed by atoms with Crippen LogP contribution in [0.15, 0.2) is 11.6 Å². The first-order valence-corrected chi connectivity index (χ1v) is 12.8. The second-order valence-electron chi connectivity index (χ2n) is 7.62. The summed E-state index contributed by atoms with van der Waals surface area (Å²) in [6, 6.07) is 0. The van der Waals surface area contributed by atoms with Crippen molar-refractivity contribution in [1.29, 1.82) is 0 Å². The summed E-state index contributed by atoms with van der Waals surface area (Å²) < 4.78 is 53.1. The van der Waals surface area contributed by atoms with E-state index in [0.717, 1.165) is 5.57 Å². The maximum Gasteiger partial charge on any atom is 0.330 e. The number of hydrogen-bond donors (Lipinski definition) is 1. The van der Waals surface area contributed by atoms with Crippen LogP contribution in [-0.2, 0) is 52.2 Å². The fraction of sp³-hybridized carbons (Fsp3) is 0.880. The standard InChI is InChI=1S/C25H48O12/c1-24(2)23-25(27)37-22-21-36-20-19-35-18-17-34-16-15-33-14-13-32-12-11-31-10-9-30-8-7-29-6-5-28-4-3-26/h23,26H,3-22H2,1-2H3. The average molecular weight is 541 g/mol. The monoisotopic (exact) mass is 540 g/mol. The summed E-state index contributed by atoms with van der Waals surface area (Å²) in [6.07, 6.45) is 1.45. The third-order valence-electron chi connectivity index (χ3n) is 4.09. The van der Waals surface area contributed by atoms with Gasteiger partial charge in [-0.2, -0.15) is 0 Å². The third kappa shape index (κ3) is 32.8. The highest BCUT2D eigenvalue weighted by molar-refractivity contribution is 5.82. The lowest BCUT2D eigenvalue weighted by Gasteiger charge is -2.09. The highest BCUT2D eigenvalue weighted by atomic mass is 16.6. The maximum atomic E-state index is 11.3. The van der Waals surface area contributed by atoms with E-state index < -0.39 is 0 Å². The second kappa shape index (κ2) is 31.0. The predicted octanol–water partition coefficient (Wildman–Crippen LogP) is 0.638. The van der Waals surface area contributed by atoms with E-state index in [1.54, 1.807) is 0 Å². The number of hydrogen-bond acceptors (Lipinski definition) is 12. The summed E-state index contributed by atoms with van der Waals surface area (Å²) >= 11 is 0. The van der Waals surface area contributed by atoms with E-state index in [2.05, 4.69) is 0 Å². The molecular weight excluding hydrogens is 492 g/mol. The van der Waals surface area contributed by atoms with Crippen molar-refractivity contribution in [3.63, 3.8) is 0 Å². The van der Waals surface area contributed by atoms with Crippen molar-refractivity contribution in [1.82, 2.24) is 0 Å². The fourth-order valence-corrected chi connectivity index (χ4v) is 2.40. The van der Waals surface area contributed by atoms with Crippen LogP contribution < -0.4 is 0 Å². The van der Waals surface area contributed by atoms with E-state index in [1.807, 2.05) is 13.8 Å². The van der Waals surface area contributed by atoms with Gasteiger partial charge in [-0.05, 0) is 13.8 Å². The molecule has 0 unspecified atom stereocenters. The summed E-state index contributed by atoms with van der Waals surface area (Å²) in [5.41, 5.74) is 0.899. The van der Waals surface area contributed by atoms with Crippen molar-refractivity contribution < 1.29 is 57.3 Å². The minimum Gasteiger partial charge on any atom is -0.460 e. The van der Waals surface area contributed by atoms with Crippen molar-refractivity contribution in [2.75, 3.05) is 132 Å². The molecule has 1 N–H and O–H groups in total. The molecule has 0 saturated heterocycles. The first-order chi connectivity index (χ1) is 18.2. The van der Waals surface area contributed by atoms with Crippen LogP contribution >= 0.6 is 0 Å². The normalized spacial score (nSPS) is 11.1. The topological polar surface area (TPSA) is 130 Å². The SMILES string of the molecule is CC(C)=CC(=O)OCCOCCOCCOCCOCCOCCOCCOCCOCCOCCO. The molecule has 0 saturated carbocycles. The van der Waals surface area contributed by atoms with Gasteiger partial charge in [-0.1, -0.05) is 5.57 Å². The fourth-order valence-electron chi connectivity index (χ4n) is 2.40. The molecule has 12 nitrogen and oxygen atoms in total. The molecule has 220 valence electrons. The van der Waals surface area contributed by atoms with Crippen molar-refractivity contribution in [3.8, 4) is 0 Å². The smallest absolute Gasteiger partial charge is 0.330 e. The van der Waals surface area contributed by atoms with Crippen LogP contribution in [0.4, 0.5) is 0 Å². The highest BCUT2D eigenvalue weighted by Gasteiger charge is 1.98. The summed E-state index contributed by atoms with van der Waals surface area (Å²) in [5.74, 6) is -0.353. The Kier molecular flexibility index (Phi) is 30.0. The lowest BCUT2D eigenvalue weighted by molar-refractivity contribution is -0.139. The van der Waals surface area contributed by atoms with Crippen LogP contribution in [0.5, 0.6) is 0 Å². The summed E-state index contributed by atoms with van der Waals surface area (Å²) in [6.45, 7) is 12.4. The van der Waals surface area contributed by atoms with Gasteiger partial charge in [0.2, 0.25) is 0 Å². The average Bonchev–Trinajstić information content (AvgIpc) is 2.87. The molecular formula is C25H48O12. The van der Waals surface area contributed by atoms with Crippen molar-refractivity contribution in [2.24, 2.45) is 0 Å². The minimum atomic E-state index is -0.353. The number of rotatable bonds is 30. The quantitative estimate of drug-likeness (QED) is 0.0779. The van der Waals surface area contributed by atoms with E-state index in [1.165, 1.54) is 6.08 Å². The van der Waals surface area contributed by atoms with Crippen LogP contribution in [0.25, 0.3) is 0 Å². The molecule has 0 heterocycles. The van der Waals surface area contributed by atoms with Crippen molar-refractivity contribution in [2.45, 2.75) is 13.8 Å². The molecule has 0 aliphatic carbocycles. The van der Waals surface area contributed by atoms with E-state index in [0.29, 0.717) is 119 Å². The van der Waals surface area contributed by atoms with Gasteiger partial charge in [-0.15, -0.1) is 0 Å². The first-order valence-electron chi connectivity index (χ1n) is 12.8. The Morgan fingerprint density at radius 3 is 0.946 bits per heavy atom. The molecule has 0 aromatic rings. The van der Waals surface area contributed by atoms with E-state index in [-0.39, 0.29) is 19.2 Å². The molecule has 12 heteroatoms. The molecule has 0 amide bonds. The summed E-state index contributed by atoms with van der Waals surface area (Å²) in [4.78, 5) is 11.3. The van der Waals surface area contributed by atoms with Gasteiger partial charge >= 0.3 is 5.97 Å². The Morgan fingerprint density at radius 2 is 0.703 bits per heavy atom. The van der Waals surface area contributed by atoms with Gasteiger partial charge in [0, 0.05) is 6.08 Å². The van der Waals surface area contributed by atoms with Crippen LogP contribution in [0, 0.1) is 0 Å². The minimum absolute atomic E-state index is 0.0236. The van der Waals surface area contributed by atoms with Gasteiger partial charge < -0.3 is 52.5 Å². The number of aliphatic hydroxyl groups excluding tert-OH is 1. The molecule has 0 spiro atoms. The Morgan fingerprint density at radius 1 is 0.459 bits per heavy atom. The molecule has 0 aliphatic heterocycles. The molecule has 0 radical (unpaired) electrons. The number of carbonyl (C=O) groups excluding carboxylic acids is 1. The van der Waals surface area contributed by atoms with E-state index in [4.69, 9.17) is 52.5 Å². The first kappa shape index (κ1) is 35.8. The zero-order valence-electron chi connectivity index (χ0n) is 22.7. The Balaban J connectivity index is 3.08. The Labute approximate surface area is 221 Å². The largest absolute Gasteiger partial charge is 0.460 e. The van der Waals surface area contributed by atoms with Crippen LogP contribution in [0.2, 0.25) is 0 Å². The molecule has 0 aromatic carbocycles. The lowest BCUT2D eigenvalue weighted by atomic mass is 10.3. The number of esters is 1. The maximum absolute atomic E-state index is 11.3. The number of aliphatic hydroxyl groups is 1. The van der Waals surface area contributed by atoms with Gasteiger partial charge in [0.1, 0.15) is 6.61 Å². The number of allylic oxidation sites excluding steroid dienone is 1. The van der Waals surface area contributed by atoms with Crippen LogP contribution in [-0.4, -0.2) is 143 Å². The van der Waals surface area contributed by atoms with Crippen molar-refractivity contribution in [3.05, 3.63) is 11.6 Å². The molecule has 0 aliphatic rings. The Hall–Kier alpha value is -1.19. The van der Waals surface area contributed by atoms with Gasteiger partial charge in [-0.3, -0.25) is 0 Å². The molecule has 0 bridgehead atoms. The lowest BCUT2D eigenvalue weighted by Crippen LogP contribution is -2.15. The van der Waals surface area contributed by atoms with Crippen molar-refractivity contribution >= 4 is 5.97 Å². The highest BCUT2D eigenvalue weighted by Crippen LogP contribution is 1.91. The zero-order chi connectivity index (χ0) is 27.1. The number of ether oxygens (including phenoxy) is 10. The van der Waals surface area contributed by atoms with Crippen LogP contribution in [0.3, 0.4) is 0 Å². The third-order valence-corrected chi connectivity index (χ3v) is 4.09. The van der Waals surface area contributed by atoms with Gasteiger partial charge in [0.05, 0.1) is 126 Å². The second-order valence-corrected chi connectivity index (χ2v) is 7.62. The molecule has 0 aromatic heterocycles. The Bertz CT molecular complexity index is 500. The van der Waals surface area contributed by atoms with Crippen LogP contribution in [0.1, 0.15) is 13.8 Å². The summed E-state index contributed by atoms with van der Waals surface area (Å²) in [5, 5.41) is 8.55. The molecule has 0 rings (SSSR count). The predicted molar refractivity (Wildman–Crippen MR) is 135 cm³/mol. The van der Waals surface area contributed by atoms with Gasteiger partial charge in [0.15, 0.2) is 0 Å². The van der Waals surface area contributed by atoms with E-state index in [9.17, 15) is 4.79 Å². The van der Waals surface area contributed by atoms with Gasteiger partial charge in [-0.25, -0.2) is 4.79 Å². The molecule has 37 heavy (non-hydrogen) atoms. The summed E-state index contributed by atoms with van der Waals surface area (Å²) in [7, 11) is 0.